The van der Waals surface area contributed by atoms with Gasteiger partial charge in [-0.25, -0.2) is 4.99 Å². The van der Waals surface area contributed by atoms with E-state index < -0.39 is 0 Å². The second-order valence-corrected chi connectivity index (χ2v) is 6.65. The van der Waals surface area contributed by atoms with Gasteiger partial charge in [0.1, 0.15) is 0 Å². The number of nitrogens with zero attached hydrogens (tertiary/aromatic N) is 4. The van der Waals surface area contributed by atoms with Gasteiger partial charge in [-0.15, -0.1) is 0 Å². The summed E-state index contributed by atoms with van der Waals surface area (Å²) in [5, 5.41) is 10.5. The Morgan fingerprint density at radius 1 is 1.24 bits per heavy atom. The molecule has 25 heavy (non-hydrogen) atoms. The van der Waals surface area contributed by atoms with E-state index in [1.54, 1.807) is 29.9 Å². The number of aryl methyl sites for hydroxylation is 1. The van der Waals surface area contributed by atoms with Gasteiger partial charge in [0.2, 0.25) is 5.91 Å². The van der Waals surface area contributed by atoms with Gasteiger partial charge in [0.05, 0.1) is 25.3 Å². The van der Waals surface area contributed by atoms with Gasteiger partial charge in [-0.2, -0.15) is 5.10 Å². The van der Waals surface area contributed by atoms with Crippen LogP contribution in [0.5, 0.6) is 0 Å². The molecule has 1 aromatic carbocycles. The van der Waals surface area contributed by atoms with Crippen molar-refractivity contribution in [1.82, 2.24) is 25.3 Å². The Bertz CT molecular complexity index is 723. The standard InChI is InChI=1S/C17H23BrN6O/c1-23(2)16(25)12-21-17(20-11-15-8-9-22-24(15)3)19-10-13-4-6-14(18)7-5-13/h4-9H,10-12H2,1-3H3,(H2,19,20,21). The molecule has 0 bridgehead atoms. The van der Waals surface area contributed by atoms with E-state index in [0.717, 1.165) is 15.7 Å². The lowest BCUT2D eigenvalue weighted by atomic mass is 10.2. The van der Waals surface area contributed by atoms with Gasteiger partial charge in [0, 0.05) is 31.8 Å². The summed E-state index contributed by atoms with van der Waals surface area (Å²) < 4.78 is 2.83. The molecule has 134 valence electrons. The fraction of sp³-hybridized carbons (Fsp3) is 0.353. The van der Waals surface area contributed by atoms with Crippen molar-refractivity contribution in [3.63, 3.8) is 0 Å². The normalized spacial score (nSPS) is 11.3. The van der Waals surface area contributed by atoms with Crippen LogP contribution in [0.3, 0.4) is 0 Å². The van der Waals surface area contributed by atoms with Crippen LogP contribution in [0.2, 0.25) is 0 Å². The maximum atomic E-state index is 11.8. The van der Waals surface area contributed by atoms with E-state index in [9.17, 15) is 4.79 Å². The minimum atomic E-state index is -0.0151. The van der Waals surface area contributed by atoms with E-state index in [4.69, 9.17) is 0 Å². The van der Waals surface area contributed by atoms with E-state index >= 15 is 0 Å². The third kappa shape index (κ3) is 6.22. The number of carbonyl (C=O) groups is 1. The fourth-order valence-corrected chi connectivity index (χ4v) is 2.27. The van der Waals surface area contributed by atoms with E-state index in [1.807, 2.05) is 37.4 Å². The Hall–Kier alpha value is -2.35. The fourth-order valence-electron chi connectivity index (χ4n) is 2.00. The molecule has 0 aliphatic heterocycles. The van der Waals surface area contributed by atoms with Gasteiger partial charge in [-0.3, -0.25) is 9.48 Å². The molecule has 1 heterocycles. The van der Waals surface area contributed by atoms with Crippen LogP contribution in [0.25, 0.3) is 0 Å². The highest BCUT2D eigenvalue weighted by atomic mass is 79.9. The van der Waals surface area contributed by atoms with Crippen LogP contribution in [0.1, 0.15) is 11.3 Å². The average Bonchev–Trinajstić information content (AvgIpc) is 3.00. The molecular formula is C17H23BrN6O. The zero-order chi connectivity index (χ0) is 18.2. The molecule has 0 unspecified atom stereocenters. The number of nitrogens with one attached hydrogen (secondary N) is 2. The summed E-state index contributed by atoms with van der Waals surface area (Å²) in [6, 6.07) is 9.92. The summed E-state index contributed by atoms with van der Waals surface area (Å²) >= 11 is 3.42. The predicted octanol–water partition coefficient (Wildman–Crippen LogP) is 1.51. The monoisotopic (exact) mass is 406 g/mol. The van der Waals surface area contributed by atoms with E-state index in [0.29, 0.717) is 19.0 Å². The van der Waals surface area contributed by atoms with Crippen LogP contribution in [0.4, 0.5) is 0 Å². The van der Waals surface area contributed by atoms with Gasteiger partial charge in [-0.1, -0.05) is 28.1 Å². The van der Waals surface area contributed by atoms with Crippen LogP contribution < -0.4 is 10.6 Å². The summed E-state index contributed by atoms with van der Waals surface area (Å²) in [6.45, 7) is 1.27. The molecule has 2 aromatic rings. The van der Waals surface area contributed by atoms with Crippen molar-refractivity contribution in [3.8, 4) is 0 Å². The molecule has 2 rings (SSSR count). The molecule has 7 nitrogen and oxygen atoms in total. The number of aromatic nitrogens is 2. The summed E-state index contributed by atoms with van der Waals surface area (Å²) in [4.78, 5) is 17.9. The predicted molar refractivity (Wildman–Crippen MR) is 102 cm³/mol. The minimum absolute atomic E-state index is 0.0151. The topological polar surface area (TPSA) is 74.6 Å². The number of likely N-dealkylation sites (N-methyl/N-ethyl adjacent to an activating group) is 1. The molecule has 0 spiro atoms. The largest absolute Gasteiger partial charge is 0.351 e. The van der Waals surface area contributed by atoms with Crippen molar-refractivity contribution in [2.24, 2.45) is 12.0 Å². The number of guanidine groups is 1. The Kier molecular flexibility index (Phi) is 7.00. The van der Waals surface area contributed by atoms with E-state index in [1.165, 1.54) is 0 Å². The Labute approximate surface area is 156 Å². The number of hydrogen-bond acceptors (Lipinski definition) is 3. The average molecular weight is 407 g/mol. The smallest absolute Gasteiger partial charge is 0.241 e. The molecule has 1 amide bonds. The van der Waals surface area contributed by atoms with Gasteiger partial charge in [0.25, 0.3) is 0 Å². The lowest BCUT2D eigenvalue weighted by Gasteiger charge is -2.15. The molecule has 0 saturated heterocycles. The van der Waals surface area contributed by atoms with Crippen LogP contribution in [-0.2, 0) is 24.9 Å². The van der Waals surface area contributed by atoms with E-state index in [-0.39, 0.29) is 12.5 Å². The lowest BCUT2D eigenvalue weighted by molar-refractivity contribution is -0.127. The van der Waals surface area contributed by atoms with Crippen molar-refractivity contribution in [2.75, 3.05) is 20.6 Å². The van der Waals surface area contributed by atoms with Crippen LogP contribution in [0, 0.1) is 0 Å². The molecule has 0 atom stereocenters. The summed E-state index contributed by atoms with van der Waals surface area (Å²) in [5.41, 5.74) is 2.11. The number of carbonyl (C=O) groups excluding carboxylic acids is 1. The summed E-state index contributed by atoms with van der Waals surface area (Å²) in [7, 11) is 5.34. The molecule has 0 aliphatic rings. The molecule has 1 aromatic heterocycles. The number of benzene rings is 1. The molecule has 0 aliphatic carbocycles. The molecule has 0 saturated carbocycles. The third-order valence-electron chi connectivity index (χ3n) is 3.60. The van der Waals surface area contributed by atoms with Crippen molar-refractivity contribution >= 4 is 27.8 Å². The van der Waals surface area contributed by atoms with Crippen molar-refractivity contribution in [1.29, 1.82) is 0 Å². The summed E-state index contributed by atoms with van der Waals surface area (Å²) in [5.74, 6) is 0.568. The second-order valence-electron chi connectivity index (χ2n) is 5.73. The van der Waals surface area contributed by atoms with Crippen LogP contribution >= 0.6 is 15.9 Å². The third-order valence-corrected chi connectivity index (χ3v) is 4.13. The van der Waals surface area contributed by atoms with Gasteiger partial charge in [0.15, 0.2) is 5.96 Å². The first-order valence-electron chi connectivity index (χ1n) is 7.89. The Morgan fingerprint density at radius 2 is 1.96 bits per heavy atom. The van der Waals surface area contributed by atoms with Gasteiger partial charge < -0.3 is 15.5 Å². The van der Waals surface area contributed by atoms with Gasteiger partial charge in [-0.05, 0) is 23.8 Å². The number of amides is 1. The van der Waals surface area contributed by atoms with Crippen molar-refractivity contribution in [2.45, 2.75) is 13.1 Å². The van der Waals surface area contributed by atoms with E-state index in [2.05, 4.69) is 36.7 Å². The first-order chi connectivity index (χ1) is 12.0. The molecule has 8 heteroatoms. The minimum Gasteiger partial charge on any atom is -0.351 e. The zero-order valence-corrected chi connectivity index (χ0v) is 16.2. The molecule has 2 N–H and O–H groups in total. The number of aliphatic imine (C=N–C) groups is 1. The number of hydrogen-bond donors (Lipinski definition) is 2. The van der Waals surface area contributed by atoms with Gasteiger partial charge >= 0.3 is 0 Å². The highest BCUT2D eigenvalue weighted by Crippen LogP contribution is 2.11. The molecular weight excluding hydrogens is 384 g/mol. The maximum absolute atomic E-state index is 11.8. The highest BCUT2D eigenvalue weighted by molar-refractivity contribution is 9.10. The highest BCUT2D eigenvalue weighted by Gasteiger charge is 2.07. The zero-order valence-electron chi connectivity index (χ0n) is 14.7. The maximum Gasteiger partial charge on any atom is 0.241 e. The number of rotatable bonds is 6. The van der Waals surface area contributed by atoms with Crippen molar-refractivity contribution in [3.05, 3.63) is 52.3 Å². The van der Waals surface area contributed by atoms with Crippen LogP contribution in [0.15, 0.2) is 46.0 Å². The van der Waals surface area contributed by atoms with Crippen LogP contribution in [-0.4, -0.2) is 47.2 Å². The Morgan fingerprint density at radius 3 is 2.56 bits per heavy atom. The second kappa shape index (κ2) is 9.22. The first kappa shape index (κ1) is 19.0. The molecule has 0 fully saturated rings. The quantitative estimate of drug-likeness (QED) is 0.563. The summed E-state index contributed by atoms with van der Waals surface area (Å²) in [6.07, 6.45) is 1.75. The number of halogens is 1. The first-order valence-corrected chi connectivity index (χ1v) is 8.68. The molecule has 0 radical (unpaired) electrons. The van der Waals surface area contributed by atoms with Crippen molar-refractivity contribution < 1.29 is 4.79 Å². The SMILES string of the molecule is CN(C)C(=O)CNC(=NCc1ccc(Br)cc1)NCc1ccnn1C. The Balaban J connectivity index is 2.01. The lowest BCUT2D eigenvalue weighted by Crippen LogP contribution is -2.42.